The van der Waals surface area contributed by atoms with Crippen LogP contribution in [0, 0.1) is 0 Å². The molecule has 0 aliphatic carbocycles. The van der Waals surface area contributed by atoms with Crippen LogP contribution in [0.2, 0.25) is 5.02 Å². The zero-order valence-corrected chi connectivity index (χ0v) is 16.3. The second-order valence-electron chi connectivity index (χ2n) is 7.07. The van der Waals surface area contributed by atoms with Gasteiger partial charge in [0.25, 0.3) is 5.91 Å². The molecule has 1 amide bonds. The van der Waals surface area contributed by atoms with Crippen molar-refractivity contribution >= 4 is 29.0 Å². The SMILES string of the molecule is CC(=O)CC1(O)C(=O)N(Cc2ccccc2OC(C)C)c2ccc(Cl)cc21. The number of Topliss-reactive ketones (excluding diaryl/α,β-unsaturated/α-hetero) is 1. The fraction of sp³-hybridized carbons (Fsp3) is 0.333. The topological polar surface area (TPSA) is 66.8 Å². The summed E-state index contributed by atoms with van der Waals surface area (Å²) in [4.78, 5) is 26.3. The first-order valence-corrected chi connectivity index (χ1v) is 9.18. The van der Waals surface area contributed by atoms with Crippen molar-refractivity contribution in [3.8, 4) is 5.75 Å². The third-order valence-corrected chi connectivity index (χ3v) is 4.70. The molecular formula is C21H22ClNO4. The minimum atomic E-state index is -1.90. The molecule has 0 aromatic heterocycles. The van der Waals surface area contributed by atoms with Gasteiger partial charge in [-0.2, -0.15) is 0 Å². The Morgan fingerprint density at radius 2 is 1.96 bits per heavy atom. The number of benzene rings is 2. The van der Waals surface area contributed by atoms with Crippen LogP contribution in [0.5, 0.6) is 5.75 Å². The Kier molecular flexibility index (Phi) is 5.27. The number of anilines is 1. The van der Waals surface area contributed by atoms with Gasteiger partial charge in [0.15, 0.2) is 5.60 Å². The van der Waals surface area contributed by atoms with Crippen molar-refractivity contribution in [1.82, 2.24) is 0 Å². The van der Waals surface area contributed by atoms with Crippen molar-refractivity contribution in [1.29, 1.82) is 0 Å². The Labute approximate surface area is 163 Å². The highest BCUT2D eigenvalue weighted by molar-refractivity contribution is 6.31. The van der Waals surface area contributed by atoms with E-state index in [1.807, 2.05) is 38.1 Å². The second kappa shape index (κ2) is 7.33. The molecule has 0 saturated heterocycles. The minimum absolute atomic E-state index is 0.0128. The summed E-state index contributed by atoms with van der Waals surface area (Å²) < 4.78 is 5.84. The van der Waals surface area contributed by atoms with Gasteiger partial charge in [0.1, 0.15) is 11.5 Å². The van der Waals surface area contributed by atoms with E-state index in [0.29, 0.717) is 22.0 Å². The quantitative estimate of drug-likeness (QED) is 0.817. The maximum Gasteiger partial charge on any atom is 0.264 e. The number of ketones is 1. The maximum absolute atomic E-state index is 13.1. The number of carbonyl (C=O) groups is 2. The van der Waals surface area contributed by atoms with Crippen LogP contribution in [0.3, 0.4) is 0 Å². The molecule has 6 heteroatoms. The summed E-state index contributed by atoms with van der Waals surface area (Å²) in [5.41, 5.74) is -0.183. The van der Waals surface area contributed by atoms with Crippen molar-refractivity contribution in [2.24, 2.45) is 0 Å². The van der Waals surface area contributed by atoms with Crippen LogP contribution in [-0.4, -0.2) is 22.9 Å². The molecule has 0 fully saturated rings. The van der Waals surface area contributed by atoms with E-state index >= 15 is 0 Å². The van der Waals surface area contributed by atoms with E-state index in [-0.39, 0.29) is 24.9 Å². The van der Waals surface area contributed by atoms with Gasteiger partial charge in [-0.05, 0) is 45.0 Å². The standard InChI is InChI=1S/C21H22ClNO4/c1-13(2)27-19-7-5-4-6-15(19)12-23-18-9-8-16(22)10-17(18)21(26,20(23)25)11-14(3)24/h4-10,13,26H,11-12H2,1-3H3. The fourth-order valence-corrected chi connectivity index (χ4v) is 3.56. The van der Waals surface area contributed by atoms with Gasteiger partial charge in [0.2, 0.25) is 0 Å². The minimum Gasteiger partial charge on any atom is -0.491 e. The predicted octanol–water partition coefficient (Wildman–Crippen LogP) is 3.84. The molecule has 1 aliphatic heterocycles. The van der Waals surface area contributed by atoms with E-state index < -0.39 is 11.5 Å². The Bertz CT molecular complexity index is 896. The average molecular weight is 388 g/mol. The lowest BCUT2D eigenvalue weighted by molar-refractivity contribution is -0.141. The average Bonchev–Trinajstić information content (AvgIpc) is 2.77. The maximum atomic E-state index is 13.1. The van der Waals surface area contributed by atoms with E-state index in [1.54, 1.807) is 18.2 Å². The van der Waals surface area contributed by atoms with Gasteiger partial charge in [-0.25, -0.2) is 0 Å². The molecule has 1 heterocycles. The molecule has 142 valence electrons. The Morgan fingerprint density at radius 3 is 2.63 bits per heavy atom. The first kappa shape index (κ1) is 19.4. The van der Waals surface area contributed by atoms with Crippen LogP contribution in [0.25, 0.3) is 0 Å². The van der Waals surface area contributed by atoms with Gasteiger partial charge in [-0.15, -0.1) is 0 Å². The lowest BCUT2D eigenvalue weighted by Crippen LogP contribution is -2.41. The van der Waals surface area contributed by atoms with Crippen molar-refractivity contribution in [3.05, 3.63) is 58.6 Å². The number of hydrogen-bond donors (Lipinski definition) is 1. The smallest absolute Gasteiger partial charge is 0.264 e. The van der Waals surface area contributed by atoms with Gasteiger partial charge in [-0.1, -0.05) is 29.8 Å². The lowest BCUT2D eigenvalue weighted by Gasteiger charge is -2.23. The summed E-state index contributed by atoms with van der Waals surface area (Å²) in [6, 6.07) is 12.4. The van der Waals surface area contributed by atoms with Gasteiger partial charge in [0.05, 0.1) is 18.3 Å². The molecule has 0 spiro atoms. The molecule has 3 rings (SSSR count). The number of hydrogen-bond acceptors (Lipinski definition) is 4. The number of para-hydroxylation sites is 1. The number of aliphatic hydroxyl groups is 1. The zero-order chi connectivity index (χ0) is 19.8. The second-order valence-corrected chi connectivity index (χ2v) is 7.50. The monoisotopic (exact) mass is 387 g/mol. The van der Waals surface area contributed by atoms with E-state index in [9.17, 15) is 14.7 Å². The summed E-state index contributed by atoms with van der Waals surface area (Å²) in [5, 5.41) is 11.5. The Hall–Kier alpha value is -2.37. The Morgan fingerprint density at radius 1 is 1.26 bits per heavy atom. The zero-order valence-electron chi connectivity index (χ0n) is 15.5. The number of amides is 1. The van der Waals surface area contributed by atoms with Crippen LogP contribution in [0.1, 0.15) is 38.3 Å². The number of rotatable bonds is 6. The normalized spacial score (nSPS) is 18.7. The van der Waals surface area contributed by atoms with Crippen LogP contribution in [0.15, 0.2) is 42.5 Å². The van der Waals surface area contributed by atoms with E-state index in [2.05, 4.69) is 0 Å². The van der Waals surface area contributed by atoms with Crippen LogP contribution >= 0.6 is 11.6 Å². The number of nitrogens with zero attached hydrogens (tertiary/aromatic N) is 1. The van der Waals surface area contributed by atoms with E-state index in [0.717, 1.165) is 5.56 Å². The van der Waals surface area contributed by atoms with E-state index in [4.69, 9.17) is 16.3 Å². The number of carbonyl (C=O) groups excluding carboxylic acids is 2. The molecule has 2 aromatic carbocycles. The van der Waals surface area contributed by atoms with Gasteiger partial charge < -0.3 is 14.7 Å². The number of halogens is 1. The van der Waals surface area contributed by atoms with Crippen LogP contribution < -0.4 is 9.64 Å². The molecule has 1 unspecified atom stereocenters. The van der Waals surface area contributed by atoms with Crippen molar-refractivity contribution < 1.29 is 19.4 Å². The predicted molar refractivity (Wildman–Crippen MR) is 104 cm³/mol. The van der Waals surface area contributed by atoms with Crippen LogP contribution in [-0.2, 0) is 21.7 Å². The molecule has 1 aliphatic rings. The third kappa shape index (κ3) is 3.70. The van der Waals surface area contributed by atoms with E-state index in [1.165, 1.54) is 11.8 Å². The largest absolute Gasteiger partial charge is 0.491 e. The highest BCUT2D eigenvalue weighted by Gasteiger charge is 2.50. The van der Waals surface area contributed by atoms with Crippen molar-refractivity contribution in [3.63, 3.8) is 0 Å². The highest BCUT2D eigenvalue weighted by Crippen LogP contribution is 2.44. The fourth-order valence-electron chi connectivity index (χ4n) is 3.38. The van der Waals surface area contributed by atoms with Crippen molar-refractivity contribution in [2.45, 2.75) is 45.4 Å². The molecule has 0 saturated carbocycles. The summed E-state index contributed by atoms with van der Waals surface area (Å²) >= 11 is 6.08. The molecule has 2 aromatic rings. The van der Waals surface area contributed by atoms with Gasteiger partial charge in [-0.3, -0.25) is 9.59 Å². The summed E-state index contributed by atoms with van der Waals surface area (Å²) in [6.45, 7) is 5.43. The van der Waals surface area contributed by atoms with Crippen molar-refractivity contribution in [2.75, 3.05) is 4.90 Å². The Balaban J connectivity index is 2.03. The molecule has 1 N–H and O–H groups in total. The first-order valence-electron chi connectivity index (χ1n) is 8.80. The number of fused-ring (bicyclic) bond motifs is 1. The van der Waals surface area contributed by atoms with Gasteiger partial charge >= 0.3 is 0 Å². The van der Waals surface area contributed by atoms with Gasteiger partial charge in [0, 0.05) is 22.6 Å². The summed E-state index contributed by atoms with van der Waals surface area (Å²) in [5.74, 6) is -0.130. The molecule has 27 heavy (non-hydrogen) atoms. The summed E-state index contributed by atoms with van der Waals surface area (Å²) in [6.07, 6.45) is -0.305. The molecule has 0 bridgehead atoms. The molecular weight excluding hydrogens is 366 g/mol. The third-order valence-electron chi connectivity index (χ3n) is 4.46. The molecule has 5 nitrogen and oxygen atoms in total. The van der Waals surface area contributed by atoms with Crippen LogP contribution in [0.4, 0.5) is 5.69 Å². The lowest BCUT2D eigenvalue weighted by atomic mass is 9.90. The molecule has 1 atom stereocenters. The molecule has 0 radical (unpaired) electrons. The number of ether oxygens (including phenoxy) is 1. The summed E-state index contributed by atoms with van der Waals surface area (Å²) in [7, 11) is 0. The highest BCUT2D eigenvalue weighted by atomic mass is 35.5. The first-order chi connectivity index (χ1) is 12.7.